The zero-order valence-corrected chi connectivity index (χ0v) is 12.9. The molecule has 1 atom stereocenters. The maximum atomic E-state index is 11.4. The smallest absolute Gasteiger partial charge is 0.175 e. The predicted molar refractivity (Wildman–Crippen MR) is 81.3 cm³/mol. The van der Waals surface area contributed by atoms with Crippen molar-refractivity contribution in [2.45, 2.75) is 43.2 Å². The number of hydrogen-bond donors (Lipinski definition) is 1. The van der Waals surface area contributed by atoms with Crippen LogP contribution in [0.25, 0.3) is 0 Å². The molecule has 1 heterocycles. The van der Waals surface area contributed by atoms with Crippen LogP contribution in [0.3, 0.4) is 0 Å². The van der Waals surface area contributed by atoms with Gasteiger partial charge in [0.2, 0.25) is 0 Å². The fourth-order valence-electron chi connectivity index (χ4n) is 2.86. The third-order valence-corrected chi connectivity index (χ3v) is 5.11. The summed E-state index contributed by atoms with van der Waals surface area (Å²) in [6.45, 7) is 2.72. The first-order valence-electron chi connectivity index (χ1n) is 7.24. The number of sulfone groups is 1. The summed E-state index contributed by atoms with van der Waals surface area (Å²) in [5.41, 5.74) is 6.86. The number of benzene rings is 1. The molecule has 1 saturated heterocycles. The van der Waals surface area contributed by atoms with Gasteiger partial charge in [-0.25, -0.2) is 8.42 Å². The summed E-state index contributed by atoms with van der Waals surface area (Å²) in [5.74, 6) is 0. The summed E-state index contributed by atoms with van der Waals surface area (Å²) < 4.78 is 22.9. The maximum Gasteiger partial charge on any atom is 0.175 e. The molecule has 1 unspecified atom stereocenters. The molecule has 0 spiro atoms. The number of piperidine rings is 1. The van der Waals surface area contributed by atoms with Crippen LogP contribution in [0.5, 0.6) is 0 Å². The van der Waals surface area contributed by atoms with Crippen LogP contribution in [0.1, 0.15) is 31.2 Å². The van der Waals surface area contributed by atoms with E-state index in [4.69, 9.17) is 5.73 Å². The van der Waals surface area contributed by atoms with Crippen LogP contribution in [0.4, 0.5) is 0 Å². The Labute approximate surface area is 121 Å². The van der Waals surface area contributed by atoms with Crippen molar-refractivity contribution in [3.8, 4) is 0 Å². The van der Waals surface area contributed by atoms with Gasteiger partial charge in [0.15, 0.2) is 9.84 Å². The summed E-state index contributed by atoms with van der Waals surface area (Å²) >= 11 is 0. The van der Waals surface area contributed by atoms with Crippen LogP contribution in [-0.4, -0.2) is 38.7 Å². The van der Waals surface area contributed by atoms with Crippen LogP contribution in [-0.2, 0) is 16.4 Å². The second-order valence-electron chi connectivity index (χ2n) is 5.61. The van der Waals surface area contributed by atoms with Gasteiger partial charge in [0.05, 0.1) is 4.90 Å². The van der Waals surface area contributed by atoms with E-state index < -0.39 is 9.84 Å². The molecule has 5 heteroatoms. The Kier molecular flexibility index (Phi) is 5.18. The van der Waals surface area contributed by atoms with Gasteiger partial charge in [-0.2, -0.15) is 0 Å². The molecule has 1 aliphatic rings. The van der Waals surface area contributed by atoms with E-state index in [9.17, 15) is 8.42 Å². The molecule has 1 aromatic carbocycles. The van der Waals surface area contributed by atoms with Gasteiger partial charge in [0.25, 0.3) is 0 Å². The Hall–Kier alpha value is -0.910. The summed E-state index contributed by atoms with van der Waals surface area (Å²) in [5, 5.41) is 0. The fraction of sp³-hybridized carbons (Fsp3) is 0.600. The van der Waals surface area contributed by atoms with E-state index in [1.807, 2.05) is 12.1 Å². The molecular weight excluding hydrogens is 272 g/mol. The van der Waals surface area contributed by atoms with Crippen molar-refractivity contribution < 1.29 is 8.42 Å². The molecule has 0 amide bonds. The summed E-state index contributed by atoms with van der Waals surface area (Å²) in [6, 6.07) is 7.82. The summed E-state index contributed by atoms with van der Waals surface area (Å²) in [6.07, 6.45) is 6.03. The van der Waals surface area contributed by atoms with Gasteiger partial charge < -0.3 is 5.73 Å². The number of hydrogen-bond acceptors (Lipinski definition) is 4. The second kappa shape index (κ2) is 6.70. The van der Waals surface area contributed by atoms with E-state index in [0.717, 1.165) is 26.1 Å². The summed E-state index contributed by atoms with van der Waals surface area (Å²) in [7, 11) is -3.10. The Balaban J connectivity index is 2.05. The quantitative estimate of drug-likeness (QED) is 0.900. The van der Waals surface area contributed by atoms with Gasteiger partial charge >= 0.3 is 0 Å². The monoisotopic (exact) mass is 296 g/mol. The molecular formula is C15H24N2O2S. The van der Waals surface area contributed by atoms with Crippen LogP contribution < -0.4 is 5.73 Å². The number of nitrogens with zero attached hydrogens (tertiary/aromatic N) is 1. The lowest BCUT2D eigenvalue weighted by atomic mass is 9.98. The lowest BCUT2D eigenvalue weighted by molar-refractivity contribution is 0.134. The molecule has 1 aliphatic heterocycles. The van der Waals surface area contributed by atoms with Gasteiger partial charge in [-0.05, 0) is 50.0 Å². The van der Waals surface area contributed by atoms with E-state index in [1.165, 1.54) is 31.1 Å². The molecule has 20 heavy (non-hydrogen) atoms. The molecule has 0 radical (unpaired) electrons. The minimum absolute atomic E-state index is 0.387. The Bertz CT molecular complexity index is 523. The van der Waals surface area contributed by atoms with Crippen molar-refractivity contribution in [3.63, 3.8) is 0 Å². The van der Waals surface area contributed by atoms with Crippen LogP contribution >= 0.6 is 0 Å². The van der Waals surface area contributed by atoms with E-state index in [-0.39, 0.29) is 0 Å². The zero-order valence-electron chi connectivity index (χ0n) is 12.1. The SMILES string of the molecule is CS(=O)(=O)c1ccc(CN2CCCCC2CCN)cc1. The zero-order chi connectivity index (χ0) is 14.6. The van der Waals surface area contributed by atoms with Crippen LogP contribution in [0, 0.1) is 0 Å². The summed E-state index contributed by atoms with van der Waals surface area (Å²) in [4.78, 5) is 2.87. The average molecular weight is 296 g/mol. The van der Waals surface area contributed by atoms with Crippen molar-refractivity contribution in [1.82, 2.24) is 4.90 Å². The Morgan fingerprint density at radius 2 is 1.95 bits per heavy atom. The lowest BCUT2D eigenvalue weighted by Crippen LogP contribution is -2.40. The van der Waals surface area contributed by atoms with E-state index in [2.05, 4.69) is 4.90 Å². The molecule has 0 aliphatic carbocycles. The first kappa shape index (κ1) is 15.5. The van der Waals surface area contributed by atoms with Gasteiger partial charge in [0, 0.05) is 18.8 Å². The minimum atomic E-state index is -3.10. The van der Waals surface area contributed by atoms with E-state index >= 15 is 0 Å². The number of likely N-dealkylation sites (tertiary alicyclic amines) is 1. The molecule has 0 bridgehead atoms. The number of rotatable bonds is 5. The Morgan fingerprint density at radius 3 is 2.55 bits per heavy atom. The third kappa shape index (κ3) is 4.04. The van der Waals surface area contributed by atoms with Gasteiger partial charge in [-0.3, -0.25) is 4.90 Å². The molecule has 112 valence electrons. The highest BCUT2D eigenvalue weighted by molar-refractivity contribution is 7.90. The largest absolute Gasteiger partial charge is 0.330 e. The molecule has 1 aromatic rings. The van der Waals surface area contributed by atoms with Crippen molar-refractivity contribution in [3.05, 3.63) is 29.8 Å². The molecule has 1 fully saturated rings. The highest BCUT2D eigenvalue weighted by atomic mass is 32.2. The average Bonchev–Trinajstić information content (AvgIpc) is 2.41. The third-order valence-electron chi connectivity index (χ3n) is 3.99. The van der Waals surface area contributed by atoms with E-state index in [0.29, 0.717) is 10.9 Å². The van der Waals surface area contributed by atoms with Crippen molar-refractivity contribution in [2.24, 2.45) is 5.73 Å². The Morgan fingerprint density at radius 1 is 1.25 bits per heavy atom. The van der Waals surface area contributed by atoms with E-state index in [1.54, 1.807) is 12.1 Å². The van der Waals surface area contributed by atoms with Crippen molar-refractivity contribution >= 4 is 9.84 Å². The molecule has 0 aromatic heterocycles. The number of nitrogens with two attached hydrogens (primary N) is 1. The molecule has 2 rings (SSSR count). The van der Waals surface area contributed by atoms with Gasteiger partial charge in [0.1, 0.15) is 0 Å². The fourth-order valence-corrected chi connectivity index (χ4v) is 3.49. The predicted octanol–water partition coefficient (Wildman–Crippen LogP) is 1.79. The second-order valence-corrected chi connectivity index (χ2v) is 7.63. The van der Waals surface area contributed by atoms with Crippen LogP contribution in [0.2, 0.25) is 0 Å². The topological polar surface area (TPSA) is 63.4 Å². The minimum Gasteiger partial charge on any atom is -0.330 e. The maximum absolute atomic E-state index is 11.4. The molecule has 0 saturated carbocycles. The van der Waals surface area contributed by atoms with Gasteiger partial charge in [-0.15, -0.1) is 0 Å². The van der Waals surface area contributed by atoms with Crippen LogP contribution in [0.15, 0.2) is 29.2 Å². The van der Waals surface area contributed by atoms with Gasteiger partial charge in [-0.1, -0.05) is 18.6 Å². The first-order valence-corrected chi connectivity index (χ1v) is 9.13. The normalized spacial score (nSPS) is 21.0. The highest BCUT2D eigenvalue weighted by Gasteiger charge is 2.21. The lowest BCUT2D eigenvalue weighted by Gasteiger charge is -2.35. The molecule has 4 nitrogen and oxygen atoms in total. The van der Waals surface area contributed by atoms with Crippen molar-refractivity contribution in [1.29, 1.82) is 0 Å². The molecule has 2 N–H and O–H groups in total. The first-order chi connectivity index (χ1) is 9.50. The standard InChI is InChI=1S/C15H24N2O2S/c1-20(18,19)15-7-5-13(6-8-15)12-17-11-3-2-4-14(17)9-10-16/h5-8,14H,2-4,9-12,16H2,1H3. The van der Waals surface area contributed by atoms with Crippen molar-refractivity contribution in [2.75, 3.05) is 19.3 Å². The highest BCUT2D eigenvalue weighted by Crippen LogP contribution is 2.22.